The Labute approximate surface area is 87.1 Å². The number of hydrogen-bond acceptors (Lipinski definition) is 5. The van der Waals surface area contributed by atoms with E-state index in [0.717, 1.165) is 0 Å². The molecule has 0 saturated heterocycles. The third kappa shape index (κ3) is 2.84. The molecule has 15 heavy (non-hydrogen) atoms. The fourth-order valence-electron chi connectivity index (χ4n) is 0.985. The predicted octanol–water partition coefficient (Wildman–Crippen LogP) is -0.548. The summed E-state index contributed by atoms with van der Waals surface area (Å²) in [6, 6.07) is 5.30. The van der Waals surface area contributed by atoms with Gasteiger partial charge in [0.25, 0.3) is 5.69 Å². The molecule has 0 aliphatic rings. The number of nitro groups is 1. The van der Waals surface area contributed by atoms with Crippen molar-refractivity contribution in [1.29, 1.82) is 0 Å². The summed E-state index contributed by atoms with van der Waals surface area (Å²) in [6.45, 7) is 0. The summed E-state index contributed by atoms with van der Waals surface area (Å²) in [4.78, 5) is 19.9. The van der Waals surface area contributed by atoms with Gasteiger partial charge in [0.05, 0.1) is 27.4 Å². The van der Waals surface area contributed by atoms with E-state index in [1.54, 1.807) is 0 Å². The van der Waals surface area contributed by atoms with Crippen LogP contribution in [-0.2, 0) is 15.6 Å². The maximum Gasteiger partial charge on any atom is 0.285 e. The predicted molar refractivity (Wildman–Crippen MR) is 49.4 cm³/mol. The van der Waals surface area contributed by atoms with Gasteiger partial charge in [-0.25, -0.2) is 0 Å². The summed E-state index contributed by atoms with van der Waals surface area (Å²) in [5.74, 6) is -2.25. The van der Waals surface area contributed by atoms with Crippen molar-refractivity contribution in [3.05, 3.63) is 34.4 Å². The van der Waals surface area contributed by atoms with Crippen LogP contribution in [0.3, 0.4) is 0 Å². The monoisotopic (exact) mass is 228 g/mol. The zero-order valence-electron chi connectivity index (χ0n) is 7.41. The molecule has 0 radical (unpaired) electrons. The summed E-state index contributed by atoms with van der Waals surface area (Å²) in [5, 5.41) is 20.7. The number of benzene rings is 1. The molecule has 0 unspecified atom stereocenters. The van der Waals surface area contributed by atoms with Gasteiger partial charge in [-0.15, -0.1) is 0 Å². The fraction of sp³-hybridized carbons (Fsp3) is 0.125. The highest BCUT2D eigenvalue weighted by atomic mass is 32.2. The topological polar surface area (TPSA) is 100 Å². The Balaban J connectivity index is 3.08. The molecule has 1 rings (SSSR count). The van der Waals surface area contributed by atoms with Crippen molar-refractivity contribution in [3.63, 3.8) is 0 Å². The molecule has 0 bridgehead atoms. The van der Waals surface area contributed by atoms with Gasteiger partial charge >= 0.3 is 0 Å². The van der Waals surface area contributed by atoms with Crippen molar-refractivity contribution in [2.45, 2.75) is 4.90 Å². The molecule has 0 aromatic heterocycles. The van der Waals surface area contributed by atoms with Crippen LogP contribution in [-0.4, -0.2) is 20.9 Å². The van der Waals surface area contributed by atoms with Crippen LogP contribution < -0.4 is 5.11 Å². The Hall–Kier alpha value is -1.76. The van der Waals surface area contributed by atoms with Crippen LogP contribution in [0, 0.1) is 10.1 Å². The summed E-state index contributed by atoms with van der Waals surface area (Å²) >= 11 is 0. The molecule has 0 heterocycles. The molecule has 0 aliphatic heterocycles. The molecule has 0 fully saturated rings. The number of aliphatic carboxylic acids is 1. The van der Waals surface area contributed by atoms with E-state index in [1.807, 2.05) is 0 Å². The summed E-state index contributed by atoms with van der Waals surface area (Å²) in [5.41, 5.74) is -0.350. The van der Waals surface area contributed by atoms with Gasteiger partial charge in [-0.1, -0.05) is 12.1 Å². The Kier molecular flexibility index (Phi) is 3.51. The first kappa shape index (κ1) is 11.3. The highest BCUT2D eigenvalue weighted by Gasteiger charge is 2.17. The van der Waals surface area contributed by atoms with Crippen molar-refractivity contribution >= 4 is 22.5 Å². The first-order chi connectivity index (χ1) is 7.02. The van der Waals surface area contributed by atoms with E-state index in [0.29, 0.717) is 0 Å². The molecule has 0 aliphatic carbocycles. The quantitative estimate of drug-likeness (QED) is 0.508. The molecule has 1 aromatic carbocycles. The smallest absolute Gasteiger partial charge is 0.285 e. The van der Waals surface area contributed by atoms with E-state index in [2.05, 4.69) is 0 Å². The zero-order chi connectivity index (χ0) is 11.4. The van der Waals surface area contributed by atoms with E-state index in [4.69, 9.17) is 0 Å². The number of hydrogen-bond donors (Lipinski definition) is 0. The van der Waals surface area contributed by atoms with Gasteiger partial charge in [-0.3, -0.25) is 14.3 Å². The minimum Gasteiger partial charge on any atom is -0.549 e. The lowest BCUT2D eigenvalue weighted by Crippen LogP contribution is -2.28. The molecule has 7 heteroatoms. The number of nitro benzene ring substituents is 1. The number of carboxylic acid groups (broad SMARTS) is 1. The average molecular weight is 228 g/mol. The lowest BCUT2D eigenvalue weighted by atomic mass is 10.3. The van der Waals surface area contributed by atoms with E-state index in [1.165, 1.54) is 24.3 Å². The second-order valence-corrected chi connectivity index (χ2v) is 4.01. The largest absolute Gasteiger partial charge is 0.549 e. The Morgan fingerprint density at radius 2 is 2.00 bits per heavy atom. The highest BCUT2D eigenvalue weighted by molar-refractivity contribution is 7.85. The Bertz CT molecular complexity index is 431. The van der Waals surface area contributed by atoms with E-state index >= 15 is 0 Å². The van der Waals surface area contributed by atoms with Crippen LogP contribution in [0.2, 0.25) is 0 Å². The molecular formula is C8H6NO5S-. The maximum absolute atomic E-state index is 11.4. The van der Waals surface area contributed by atoms with Crippen molar-refractivity contribution in [1.82, 2.24) is 0 Å². The standard InChI is InChI=1S/C8H7NO5S/c10-8(11)5-15(14)7-4-2-1-3-6(7)9(12)13/h1-4H,5H2,(H,10,11)/p-1/t15-/m1/s1. The summed E-state index contributed by atoms with van der Waals surface area (Å²) in [7, 11) is -1.95. The van der Waals surface area contributed by atoms with Crippen molar-refractivity contribution in [2.24, 2.45) is 0 Å². The fourth-order valence-corrected chi connectivity index (χ4v) is 1.96. The van der Waals surface area contributed by atoms with Crippen LogP contribution in [0.1, 0.15) is 0 Å². The van der Waals surface area contributed by atoms with E-state index in [9.17, 15) is 24.2 Å². The summed E-state index contributed by atoms with van der Waals surface area (Å²) in [6.07, 6.45) is 0. The third-order valence-electron chi connectivity index (χ3n) is 1.56. The number of para-hydroxylation sites is 1. The average Bonchev–Trinajstić information content (AvgIpc) is 2.16. The lowest BCUT2D eigenvalue weighted by Gasteiger charge is -2.03. The van der Waals surface area contributed by atoms with Gasteiger partial charge < -0.3 is 9.90 Å². The van der Waals surface area contributed by atoms with Gasteiger partial charge in [0.1, 0.15) is 4.90 Å². The molecule has 80 valence electrons. The minimum absolute atomic E-state index is 0.105. The molecule has 6 nitrogen and oxygen atoms in total. The SMILES string of the molecule is O=C([O-])C[S@@](=O)c1ccccc1[N+](=O)[O-]. The van der Waals surface area contributed by atoms with Crippen LogP contribution in [0.5, 0.6) is 0 Å². The molecule has 0 saturated carbocycles. The van der Waals surface area contributed by atoms with Crippen molar-refractivity contribution in [2.75, 3.05) is 5.75 Å². The molecule has 0 N–H and O–H groups in total. The first-order valence-corrected chi connectivity index (χ1v) is 5.16. The van der Waals surface area contributed by atoms with Gasteiger partial charge in [-0.2, -0.15) is 0 Å². The Morgan fingerprint density at radius 1 is 1.40 bits per heavy atom. The normalized spacial score (nSPS) is 12.0. The number of carboxylic acids is 1. The van der Waals surface area contributed by atoms with Crippen molar-refractivity contribution in [3.8, 4) is 0 Å². The molecule has 0 spiro atoms. The lowest BCUT2D eigenvalue weighted by molar-refractivity contribution is -0.387. The second-order valence-electron chi connectivity index (χ2n) is 2.59. The number of carbonyl (C=O) groups is 1. The summed E-state index contributed by atoms with van der Waals surface area (Å²) < 4.78 is 11.4. The zero-order valence-corrected chi connectivity index (χ0v) is 8.23. The highest BCUT2D eigenvalue weighted by Crippen LogP contribution is 2.21. The molecular weight excluding hydrogens is 222 g/mol. The molecule has 0 amide bonds. The van der Waals surface area contributed by atoms with Crippen LogP contribution >= 0.6 is 0 Å². The van der Waals surface area contributed by atoms with E-state index in [-0.39, 0.29) is 10.6 Å². The first-order valence-electron chi connectivity index (χ1n) is 3.84. The second kappa shape index (κ2) is 4.65. The number of nitrogens with zero attached hydrogens (tertiary/aromatic N) is 1. The van der Waals surface area contributed by atoms with Crippen LogP contribution in [0.4, 0.5) is 5.69 Å². The third-order valence-corrected chi connectivity index (χ3v) is 2.89. The van der Waals surface area contributed by atoms with Crippen LogP contribution in [0.15, 0.2) is 29.2 Å². The number of carbonyl (C=O) groups excluding carboxylic acids is 1. The van der Waals surface area contributed by atoms with Gasteiger partial charge in [-0.05, 0) is 6.07 Å². The van der Waals surface area contributed by atoms with Gasteiger partial charge in [0, 0.05) is 6.07 Å². The minimum atomic E-state index is -1.95. The van der Waals surface area contributed by atoms with Crippen molar-refractivity contribution < 1.29 is 19.0 Å². The molecule has 1 atom stereocenters. The van der Waals surface area contributed by atoms with E-state index < -0.39 is 27.4 Å². The van der Waals surface area contributed by atoms with Gasteiger partial charge in [0.2, 0.25) is 0 Å². The van der Waals surface area contributed by atoms with Crippen LogP contribution in [0.25, 0.3) is 0 Å². The Morgan fingerprint density at radius 3 is 2.53 bits per heavy atom. The number of rotatable bonds is 4. The maximum atomic E-state index is 11.4. The molecule has 1 aromatic rings. The van der Waals surface area contributed by atoms with Gasteiger partial charge in [0.15, 0.2) is 0 Å².